The van der Waals surface area contributed by atoms with E-state index in [2.05, 4.69) is 0 Å². The van der Waals surface area contributed by atoms with Gasteiger partial charge in [-0.25, -0.2) is 9.59 Å². The second-order valence-electron chi connectivity index (χ2n) is 5.06. The van der Waals surface area contributed by atoms with Crippen molar-refractivity contribution in [3.63, 3.8) is 0 Å². The highest BCUT2D eigenvalue weighted by Crippen LogP contribution is 2.16. The molecule has 0 atom stereocenters. The second-order valence-corrected chi connectivity index (χ2v) is 5.06. The third kappa shape index (κ3) is 3.36. The van der Waals surface area contributed by atoms with Gasteiger partial charge in [0.1, 0.15) is 13.4 Å². The number of ether oxygens (including phenoxy) is 1. The number of benzene rings is 1. The minimum Gasteiger partial charge on any atom is -0.478 e. The van der Waals surface area contributed by atoms with E-state index in [9.17, 15) is 9.59 Å². The van der Waals surface area contributed by atoms with Crippen molar-refractivity contribution in [3.8, 4) is 0 Å². The number of carbonyl (C=O) groups is 2. The Balaban J connectivity index is 3.26. The molecule has 0 fully saturated rings. The average molecular weight is 246 g/mol. The summed E-state index contributed by atoms with van der Waals surface area (Å²) in [7, 11) is 5.64. The fourth-order valence-electron chi connectivity index (χ4n) is 1.40. The SMILES string of the molecule is [B]c1cc(C(=O)O)c(C(=O)OC(C)(C)C)cc1C. The van der Waals surface area contributed by atoms with E-state index in [4.69, 9.17) is 17.7 Å². The van der Waals surface area contributed by atoms with Crippen LogP contribution in [0, 0.1) is 6.92 Å². The van der Waals surface area contributed by atoms with Gasteiger partial charge in [0.15, 0.2) is 0 Å². The van der Waals surface area contributed by atoms with Crippen LogP contribution in [0.4, 0.5) is 0 Å². The van der Waals surface area contributed by atoms with E-state index in [-0.39, 0.29) is 11.1 Å². The largest absolute Gasteiger partial charge is 0.478 e. The molecule has 0 amide bonds. The first-order chi connectivity index (χ1) is 8.11. The third-order valence-electron chi connectivity index (χ3n) is 2.26. The highest BCUT2D eigenvalue weighted by molar-refractivity contribution is 6.34. The molecular formula is C13H15BO4. The Morgan fingerprint density at radius 1 is 1.22 bits per heavy atom. The topological polar surface area (TPSA) is 63.6 Å². The van der Waals surface area contributed by atoms with Crippen molar-refractivity contribution in [3.05, 3.63) is 28.8 Å². The monoisotopic (exact) mass is 246 g/mol. The van der Waals surface area contributed by atoms with Crippen LogP contribution in [0.3, 0.4) is 0 Å². The summed E-state index contributed by atoms with van der Waals surface area (Å²) < 4.78 is 5.17. The van der Waals surface area contributed by atoms with Crippen molar-refractivity contribution < 1.29 is 19.4 Å². The summed E-state index contributed by atoms with van der Waals surface area (Å²) >= 11 is 0. The van der Waals surface area contributed by atoms with Crippen molar-refractivity contribution >= 4 is 25.2 Å². The Hall–Kier alpha value is -1.78. The number of carboxylic acid groups (broad SMARTS) is 1. The molecule has 0 aliphatic carbocycles. The molecule has 1 aromatic rings. The molecule has 0 spiro atoms. The Kier molecular flexibility index (Phi) is 3.84. The summed E-state index contributed by atoms with van der Waals surface area (Å²) in [6, 6.07) is 2.71. The van der Waals surface area contributed by atoms with Crippen molar-refractivity contribution in [1.82, 2.24) is 0 Å². The first-order valence-corrected chi connectivity index (χ1v) is 5.48. The molecule has 0 aliphatic heterocycles. The van der Waals surface area contributed by atoms with Gasteiger partial charge >= 0.3 is 11.9 Å². The lowest BCUT2D eigenvalue weighted by molar-refractivity contribution is 0.00658. The number of carbonyl (C=O) groups excluding carboxylic acids is 1. The van der Waals surface area contributed by atoms with Crippen LogP contribution in [0.25, 0.3) is 0 Å². The summed E-state index contributed by atoms with van der Waals surface area (Å²) in [6.07, 6.45) is 0. The number of aryl methyl sites for hydroxylation is 1. The number of hydrogen-bond donors (Lipinski definition) is 1. The number of hydrogen-bond acceptors (Lipinski definition) is 3. The lowest BCUT2D eigenvalue weighted by atomic mass is 9.87. The van der Waals surface area contributed by atoms with E-state index >= 15 is 0 Å². The third-order valence-corrected chi connectivity index (χ3v) is 2.26. The van der Waals surface area contributed by atoms with Crippen LogP contribution in [-0.4, -0.2) is 30.5 Å². The molecule has 1 aromatic carbocycles. The van der Waals surface area contributed by atoms with Gasteiger partial charge in [0.05, 0.1) is 11.1 Å². The second kappa shape index (κ2) is 4.84. The Morgan fingerprint density at radius 2 is 1.78 bits per heavy atom. The van der Waals surface area contributed by atoms with Crippen LogP contribution in [0.1, 0.15) is 47.1 Å². The summed E-state index contributed by atoms with van der Waals surface area (Å²) in [5.41, 5.74) is 0.166. The molecule has 5 heteroatoms. The van der Waals surface area contributed by atoms with E-state index in [1.54, 1.807) is 27.7 Å². The Labute approximate surface area is 107 Å². The molecule has 94 valence electrons. The van der Waals surface area contributed by atoms with Crippen molar-refractivity contribution in [2.75, 3.05) is 0 Å². The van der Waals surface area contributed by atoms with Crippen LogP contribution >= 0.6 is 0 Å². The van der Waals surface area contributed by atoms with Gasteiger partial charge in [-0.3, -0.25) is 0 Å². The van der Waals surface area contributed by atoms with Gasteiger partial charge in [-0.15, -0.1) is 0 Å². The van der Waals surface area contributed by atoms with E-state index in [0.29, 0.717) is 11.0 Å². The lowest BCUT2D eigenvalue weighted by Crippen LogP contribution is -2.26. The zero-order chi connectivity index (χ0) is 14.1. The molecule has 1 rings (SSSR count). The molecule has 0 heterocycles. The molecule has 2 radical (unpaired) electrons. The van der Waals surface area contributed by atoms with Crippen molar-refractivity contribution in [1.29, 1.82) is 0 Å². The zero-order valence-corrected chi connectivity index (χ0v) is 10.9. The summed E-state index contributed by atoms with van der Waals surface area (Å²) in [5.74, 6) is -1.87. The van der Waals surface area contributed by atoms with Gasteiger partial charge in [-0.1, -0.05) is 17.1 Å². The van der Waals surface area contributed by atoms with Crippen molar-refractivity contribution in [2.45, 2.75) is 33.3 Å². The van der Waals surface area contributed by atoms with Gasteiger partial charge in [-0.05, 0) is 33.8 Å². The van der Waals surface area contributed by atoms with Gasteiger partial charge in [-0.2, -0.15) is 0 Å². The van der Waals surface area contributed by atoms with Crippen LogP contribution in [0.15, 0.2) is 12.1 Å². The molecule has 18 heavy (non-hydrogen) atoms. The molecule has 0 aromatic heterocycles. The van der Waals surface area contributed by atoms with Gasteiger partial charge in [0.25, 0.3) is 0 Å². The minimum atomic E-state index is -1.21. The number of carboxylic acids is 1. The standard InChI is InChI=1S/C13H15BO4/c1-7-5-9(12(17)18-13(2,3)4)8(11(15)16)6-10(7)14/h5-6H,1-4H3,(H,15,16). The molecule has 0 saturated carbocycles. The van der Waals surface area contributed by atoms with Gasteiger partial charge in [0, 0.05) is 0 Å². The Bertz CT molecular complexity index is 500. The fraction of sp³-hybridized carbons (Fsp3) is 0.385. The predicted molar refractivity (Wildman–Crippen MR) is 68.7 cm³/mol. The number of esters is 1. The molecule has 4 nitrogen and oxygen atoms in total. The van der Waals surface area contributed by atoms with E-state index in [1.165, 1.54) is 12.1 Å². The molecule has 0 aliphatic rings. The van der Waals surface area contributed by atoms with Gasteiger partial charge < -0.3 is 9.84 Å². The molecule has 0 saturated heterocycles. The molecule has 0 bridgehead atoms. The molecule has 0 unspecified atom stereocenters. The van der Waals surface area contributed by atoms with Crippen LogP contribution in [0.5, 0.6) is 0 Å². The Morgan fingerprint density at radius 3 is 2.22 bits per heavy atom. The average Bonchev–Trinajstić information content (AvgIpc) is 2.18. The van der Waals surface area contributed by atoms with E-state index in [0.717, 1.165) is 0 Å². The highest BCUT2D eigenvalue weighted by atomic mass is 16.6. The summed E-state index contributed by atoms with van der Waals surface area (Å²) in [6.45, 7) is 6.86. The number of rotatable bonds is 2. The van der Waals surface area contributed by atoms with Crippen LogP contribution in [-0.2, 0) is 4.74 Å². The highest BCUT2D eigenvalue weighted by Gasteiger charge is 2.23. The maximum Gasteiger partial charge on any atom is 0.339 e. The lowest BCUT2D eigenvalue weighted by Gasteiger charge is -2.20. The predicted octanol–water partition coefficient (Wildman–Crippen LogP) is 1.44. The first-order valence-electron chi connectivity index (χ1n) is 5.48. The zero-order valence-electron chi connectivity index (χ0n) is 10.9. The number of aromatic carboxylic acids is 1. The minimum absolute atomic E-state index is 0.0177. The molecule has 1 N–H and O–H groups in total. The normalized spacial score (nSPS) is 11.1. The fourth-order valence-corrected chi connectivity index (χ4v) is 1.40. The quantitative estimate of drug-likeness (QED) is 0.633. The van der Waals surface area contributed by atoms with Crippen LogP contribution in [0.2, 0.25) is 0 Å². The van der Waals surface area contributed by atoms with E-state index < -0.39 is 17.5 Å². The van der Waals surface area contributed by atoms with Crippen LogP contribution < -0.4 is 5.46 Å². The molecular weight excluding hydrogens is 231 g/mol. The first kappa shape index (κ1) is 14.3. The maximum atomic E-state index is 11.9. The van der Waals surface area contributed by atoms with Gasteiger partial charge in [0.2, 0.25) is 0 Å². The maximum absolute atomic E-state index is 11.9. The van der Waals surface area contributed by atoms with Crippen molar-refractivity contribution in [2.24, 2.45) is 0 Å². The summed E-state index contributed by atoms with van der Waals surface area (Å²) in [4.78, 5) is 23.0. The van der Waals surface area contributed by atoms with E-state index in [1.807, 2.05) is 0 Å². The summed E-state index contributed by atoms with van der Waals surface area (Å²) in [5, 5.41) is 9.06. The smallest absolute Gasteiger partial charge is 0.339 e.